The number of hydrogen-bond acceptors (Lipinski definition) is 4. The molecule has 0 N–H and O–H groups in total. The molecule has 1 aromatic carbocycles. The lowest BCUT2D eigenvalue weighted by atomic mass is 10.0. The molecule has 0 spiro atoms. The van der Waals surface area contributed by atoms with Gasteiger partial charge in [-0.2, -0.15) is 4.98 Å². The number of rotatable bonds is 9. The molecule has 4 heteroatoms. The summed E-state index contributed by atoms with van der Waals surface area (Å²) in [5.74, 6) is 1.12. The maximum atomic E-state index is 5.39. The molecule has 0 amide bonds. The van der Waals surface area contributed by atoms with E-state index in [1.165, 1.54) is 44.1 Å². The topological polar surface area (TPSA) is 51.8 Å². The van der Waals surface area contributed by atoms with Crippen molar-refractivity contribution in [2.45, 2.75) is 51.9 Å². The molecule has 0 aliphatic carbocycles. The molecule has 3 aromatic rings. The Kier molecular flexibility index (Phi) is 6.32. The SMILES string of the molecule is CCCCCCCCc1ccc(-c2nc(-c3cccnc3)no2)cc1. The lowest BCUT2D eigenvalue weighted by Gasteiger charge is -2.03. The third-order valence-corrected chi connectivity index (χ3v) is 4.37. The van der Waals surface area contributed by atoms with Crippen molar-refractivity contribution in [3.05, 3.63) is 54.4 Å². The average molecular weight is 335 g/mol. The summed E-state index contributed by atoms with van der Waals surface area (Å²) in [5.41, 5.74) is 3.18. The van der Waals surface area contributed by atoms with E-state index in [0.717, 1.165) is 17.5 Å². The highest BCUT2D eigenvalue weighted by molar-refractivity contribution is 5.59. The molecule has 0 aliphatic rings. The Bertz CT molecular complexity index is 750. The van der Waals surface area contributed by atoms with E-state index < -0.39 is 0 Å². The molecule has 0 unspecified atom stereocenters. The quantitative estimate of drug-likeness (QED) is 0.471. The van der Waals surface area contributed by atoms with E-state index >= 15 is 0 Å². The van der Waals surface area contributed by atoms with Crippen LogP contribution in [0.15, 0.2) is 53.3 Å². The Balaban J connectivity index is 1.55. The van der Waals surface area contributed by atoms with Gasteiger partial charge in [-0.25, -0.2) is 0 Å². The predicted octanol–water partition coefficient (Wildman–Crippen LogP) is 5.70. The van der Waals surface area contributed by atoms with Gasteiger partial charge in [0, 0.05) is 23.5 Å². The minimum absolute atomic E-state index is 0.546. The van der Waals surface area contributed by atoms with Gasteiger partial charge in [0.05, 0.1) is 0 Å². The largest absolute Gasteiger partial charge is 0.334 e. The van der Waals surface area contributed by atoms with E-state index in [-0.39, 0.29) is 0 Å². The zero-order valence-corrected chi connectivity index (χ0v) is 14.8. The van der Waals surface area contributed by atoms with E-state index in [2.05, 4.69) is 46.3 Å². The first-order valence-corrected chi connectivity index (χ1v) is 9.20. The van der Waals surface area contributed by atoms with Crippen LogP contribution >= 0.6 is 0 Å². The minimum atomic E-state index is 0.546. The zero-order chi connectivity index (χ0) is 17.3. The summed E-state index contributed by atoms with van der Waals surface area (Å²) >= 11 is 0. The summed E-state index contributed by atoms with van der Waals surface area (Å²) in [6, 6.07) is 12.2. The fourth-order valence-corrected chi connectivity index (χ4v) is 2.88. The Labute approximate surface area is 149 Å². The van der Waals surface area contributed by atoms with Crippen LogP contribution in [0.2, 0.25) is 0 Å². The molecule has 130 valence electrons. The number of aromatic nitrogens is 3. The lowest BCUT2D eigenvalue weighted by molar-refractivity contribution is 0.432. The van der Waals surface area contributed by atoms with Crippen LogP contribution in [0, 0.1) is 0 Å². The van der Waals surface area contributed by atoms with Gasteiger partial charge in [-0.1, -0.05) is 56.3 Å². The minimum Gasteiger partial charge on any atom is -0.334 e. The van der Waals surface area contributed by atoms with E-state index in [9.17, 15) is 0 Å². The Hall–Kier alpha value is -2.49. The van der Waals surface area contributed by atoms with Crippen LogP contribution < -0.4 is 0 Å². The third kappa shape index (κ3) is 4.99. The van der Waals surface area contributed by atoms with E-state index in [4.69, 9.17) is 4.52 Å². The van der Waals surface area contributed by atoms with Crippen LogP contribution in [0.25, 0.3) is 22.8 Å². The first kappa shape index (κ1) is 17.3. The van der Waals surface area contributed by atoms with Crippen molar-refractivity contribution in [2.24, 2.45) is 0 Å². The summed E-state index contributed by atoms with van der Waals surface area (Å²) < 4.78 is 5.39. The van der Waals surface area contributed by atoms with Crippen LogP contribution in [0.5, 0.6) is 0 Å². The van der Waals surface area contributed by atoms with Gasteiger partial charge in [-0.15, -0.1) is 0 Å². The first-order chi connectivity index (χ1) is 12.4. The smallest absolute Gasteiger partial charge is 0.258 e. The highest BCUT2D eigenvalue weighted by Gasteiger charge is 2.10. The number of hydrogen-bond donors (Lipinski definition) is 0. The lowest BCUT2D eigenvalue weighted by Crippen LogP contribution is -1.87. The second-order valence-electron chi connectivity index (χ2n) is 6.38. The molecular weight excluding hydrogens is 310 g/mol. The van der Waals surface area contributed by atoms with E-state index in [1.54, 1.807) is 12.4 Å². The number of aryl methyl sites for hydroxylation is 1. The van der Waals surface area contributed by atoms with Gasteiger partial charge in [0.25, 0.3) is 5.89 Å². The highest BCUT2D eigenvalue weighted by atomic mass is 16.5. The van der Waals surface area contributed by atoms with Crippen molar-refractivity contribution in [3.8, 4) is 22.8 Å². The van der Waals surface area contributed by atoms with Crippen molar-refractivity contribution < 1.29 is 4.52 Å². The molecule has 0 aliphatic heterocycles. The second-order valence-corrected chi connectivity index (χ2v) is 6.38. The predicted molar refractivity (Wildman–Crippen MR) is 100 cm³/mol. The number of benzene rings is 1. The van der Waals surface area contributed by atoms with Gasteiger partial charge in [0.15, 0.2) is 0 Å². The van der Waals surface area contributed by atoms with Gasteiger partial charge in [-0.3, -0.25) is 4.98 Å². The molecular formula is C21H25N3O. The zero-order valence-electron chi connectivity index (χ0n) is 14.8. The van der Waals surface area contributed by atoms with Crippen LogP contribution in [0.4, 0.5) is 0 Å². The van der Waals surface area contributed by atoms with Crippen LogP contribution in [0.1, 0.15) is 51.0 Å². The van der Waals surface area contributed by atoms with Gasteiger partial charge in [-0.05, 0) is 42.7 Å². The highest BCUT2D eigenvalue weighted by Crippen LogP contribution is 2.22. The normalized spacial score (nSPS) is 10.9. The summed E-state index contributed by atoms with van der Waals surface area (Å²) in [6.07, 6.45) is 12.6. The third-order valence-electron chi connectivity index (χ3n) is 4.37. The van der Waals surface area contributed by atoms with E-state index in [0.29, 0.717) is 11.7 Å². The summed E-state index contributed by atoms with van der Waals surface area (Å²) in [7, 11) is 0. The fraction of sp³-hybridized carbons (Fsp3) is 0.381. The van der Waals surface area contributed by atoms with Gasteiger partial charge in [0.2, 0.25) is 5.82 Å². The maximum Gasteiger partial charge on any atom is 0.258 e. The summed E-state index contributed by atoms with van der Waals surface area (Å²) in [4.78, 5) is 8.55. The molecule has 25 heavy (non-hydrogen) atoms. The summed E-state index contributed by atoms with van der Waals surface area (Å²) in [5, 5.41) is 4.04. The van der Waals surface area contributed by atoms with Gasteiger partial charge < -0.3 is 4.52 Å². The molecule has 2 heterocycles. The van der Waals surface area contributed by atoms with Crippen LogP contribution in [-0.4, -0.2) is 15.1 Å². The Morgan fingerprint density at radius 3 is 2.44 bits per heavy atom. The van der Waals surface area contributed by atoms with Crippen molar-refractivity contribution in [2.75, 3.05) is 0 Å². The first-order valence-electron chi connectivity index (χ1n) is 9.20. The molecule has 0 radical (unpaired) electrons. The van der Waals surface area contributed by atoms with Crippen LogP contribution in [0.3, 0.4) is 0 Å². The second kappa shape index (κ2) is 9.11. The standard InChI is InChI=1S/C21H25N3O/c1-2-3-4-5-6-7-9-17-11-13-18(14-12-17)21-23-20(24-25-21)19-10-8-15-22-16-19/h8,10-16H,2-7,9H2,1H3. The van der Waals surface area contributed by atoms with E-state index in [1.807, 2.05) is 12.1 Å². The number of unbranched alkanes of at least 4 members (excludes halogenated alkanes) is 5. The van der Waals surface area contributed by atoms with Crippen molar-refractivity contribution in [1.29, 1.82) is 0 Å². The number of nitrogens with zero attached hydrogens (tertiary/aromatic N) is 3. The fourth-order valence-electron chi connectivity index (χ4n) is 2.88. The van der Waals surface area contributed by atoms with Gasteiger partial charge in [0.1, 0.15) is 0 Å². The molecule has 0 saturated heterocycles. The molecule has 0 atom stereocenters. The number of pyridine rings is 1. The van der Waals surface area contributed by atoms with Crippen molar-refractivity contribution >= 4 is 0 Å². The van der Waals surface area contributed by atoms with Crippen molar-refractivity contribution in [3.63, 3.8) is 0 Å². The van der Waals surface area contributed by atoms with Crippen LogP contribution in [-0.2, 0) is 6.42 Å². The molecule has 0 fully saturated rings. The average Bonchev–Trinajstić information content (AvgIpc) is 3.16. The molecule has 0 bridgehead atoms. The molecule has 4 nitrogen and oxygen atoms in total. The molecule has 0 saturated carbocycles. The summed E-state index contributed by atoms with van der Waals surface area (Å²) in [6.45, 7) is 2.25. The van der Waals surface area contributed by atoms with Crippen molar-refractivity contribution in [1.82, 2.24) is 15.1 Å². The monoisotopic (exact) mass is 335 g/mol. The Morgan fingerprint density at radius 1 is 0.880 bits per heavy atom. The Morgan fingerprint density at radius 2 is 1.68 bits per heavy atom. The molecule has 3 rings (SSSR count). The molecule has 2 aromatic heterocycles. The maximum absolute atomic E-state index is 5.39. The van der Waals surface area contributed by atoms with Gasteiger partial charge >= 0.3 is 0 Å².